The summed E-state index contributed by atoms with van der Waals surface area (Å²) in [4.78, 5) is 28.0. The number of carbonyl (C=O) groups excluding carboxylic acids is 1. The lowest BCUT2D eigenvalue weighted by atomic mass is 10.2. The zero-order valence-electron chi connectivity index (χ0n) is 19.4. The molecule has 0 saturated carbocycles. The van der Waals surface area contributed by atoms with Gasteiger partial charge >= 0.3 is 0 Å². The van der Waals surface area contributed by atoms with Gasteiger partial charge < -0.3 is 14.8 Å². The van der Waals surface area contributed by atoms with Gasteiger partial charge in [0.2, 0.25) is 5.91 Å². The molecule has 3 heterocycles. The van der Waals surface area contributed by atoms with E-state index in [1.165, 1.54) is 42.5 Å². The zero-order valence-corrected chi connectivity index (χ0v) is 19.4. The summed E-state index contributed by atoms with van der Waals surface area (Å²) in [6, 6.07) is 6.35. The maximum absolute atomic E-state index is 13.2. The van der Waals surface area contributed by atoms with Gasteiger partial charge in [-0.2, -0.15) is 5.10 Å². The first-order chi connectivity index (χ1) is 15.9. The molecule has 0 atom stereocenters. The second kappa shape index (κ2) is 10.3. The molecule has 0 aliphatic carbocycles. The molecule has 3 aromatic rings. The van der Waals surface area contributed by atoms with Gasteiger partial charge in [0, 0.05) is 36.4 Å². The normalized spacial score (nSPS) is 15.0. The molecular formula is C25H32FN5O2. The maximum Gasteiger partial charge on any atom is 0.276 e. The molecule has 2 aromatic heterocycles. The van der Waals surface area contributed by atoms with Crippen LogP contribution in [0.3, 0.4) is 0 Å². The van der Waals surface area contributed by atoms with E-state index in [9.17, 15) is 14.0 Å². The fourth-order valence-corrected chi connectivity index (χ4v) is 4.67. The van der Waals surface area contributed by atoms with Crippen LogP contribution in [0.15, 0.2) is 35.3 Å². The van der Waals surface area contributed by atoms with Gasteiger partial charge in [0.1, 0.15) is 12.4 Å². The Balaban J connectivity index is 1.45. The smallest absolute Gasteiger partial charge is 0.276 e. The first-order valence-electron chi connectivity index (χ1n) is 11.7. The summed E-state index contributed by atoms with van der Waals surface area (Å²) < 4.78 is 16.5. The van der Waals surface area contributed by atoms with E-state index < -0.39 is 0 Å². The van der Waals surface area contributed by atoms with E-state index in [1.54, 1.807) is 18.3 Å². The number of hydrogen-bond acceptors (Lipinski definition) is 4. The van der Waals surface area contributed by atoms with E-state index in [4.69, 9.17) is 0 Å². The Kier molecular flexibility index (Phi) is 7.23. The van der Waals surface area contributed by atoms with E-state index >= 15 is 0 Å². The van der Waals surface area contributed by atoms with Crippen molar-refractivity contribution >= 4 is 16.7 Å². The summed E-state index contributed by atoms with van der Waals surface area (Å²) in [6.07, 6.45) is 6.65. The van der Waals surface area contributed by atoms with Crippen molar-refractivity contribution in [1.29, 1.82) is 0 Å². The van der Waals surface area contributed by atoms with Gasteiger partial charge in [0.15, 0.2) is 0 Å². The number of aryl methyl sites for hydroxylation is 2. The van der Waals surface area contributed by atoms with Crippen molar-refractivity contribution in [2.45, 2.75) is 52.6 Å². The largest absolute Gasteiger partial charge is 0.353 e. The Morgan fingerprint density at radius 2 is 1.76 bits per heavy atom. The summed E-state index contributed by atoms with van der Waals surface area (Å²) in [5.74, 6) is -0.486. The van der Waals surface area contributed by atoms with Crippen molar-refractivity contribution in [3.8, 4) is 0 Å². The average Bonchev–Trinajstić information content (AvgIpc) is 2.96. The Morgan fingerprint density at radius 3 is 2.45 bits per heavy atom. The van der Waals surface area contributed by atoms with Gasteiger partial charge in [-0.25, -0.2) is 9.07 Å². The van der Waals surface area contributed by atoms with Crippen molar-refractivity contribution in [2.24, 2.45) is 0 Å². The number of halogens is 1. The quantitative estimate of drug-likeness (QED) is 0.597. The summed E-state index contributed by atoms with van der Waals surface area (Å²) in [5, 5.41) is 8.53. The Hall–Kier alpha value is -3.00. The van der Waals surface area contributed by atoms with Gasteiger partial charge in [-0.1, -0.05) is 25.0 Å². The number of hydrogen-bond donors (Lipinski definition) is 1. The first kappa shape index (κ1) is 23.2. The number of nitrogens with zero attached hydrogens (tertiary/aromatic N) is 4. The SMILES string of the molecule is Cc1c2cnn(CC(=O)NCCN3CCCCCC3)c(=O)c2c(C)n1Cc1ccc(F)cc1. The number of fused-ring (bicyclic) bond motifs is 1. The van der Waals surface area contributed by atoms with Crippen molar-refractivity contribution in [2.75, 3.05) is 26.2 Å². The molecule has 1 N–H and O–H groups in total. The molecule has 1 aliphatic heterocycles. The monoisotopic (exact) mass is 453 g/mol. The van der Waals surface area contributed by atoms with Gasteiger partial charge in [-0.05, 0) is 57.5 Å². The minimum absolute atomic E-state index is 0.101. The number of rotatable bonds is 7. The number of amides is 1. The molecule has 7 nitrogen and oxygen atoms in total. The third-order valence-electron chi connectivity index (χ3n) is 6.60. The molecule has 1 saturated heterocycles. The van der Waals surface area contributed by atoms with Crippen molar-refractivity contribution in [1.82, 2.24) is 24.6 Å². The highest BCUT2D eigenvalue weighted by Gasteiger charge is 2.18. The Bertz CT molecular complexity index is 1170. The molecule has 8 heteroatoms. The molecule has 0 radical (unpaired) electrons. The zero-order chi connectivity index (χ0) is 23.4. The highest BCUT2D eigenvalue weighted by atomic mass is 19.1. The number of benzene rings is 1. The predicted octanol–water partition coefficient (Wildman–Crippen LogP) is 2.99. The molecule has 4 rings (SSSR count). The molecule has 1 amide bonds. The van der Waals surface area contributed by atoms with Crippen LogP contribution in [0, 0.1) is 19.7 Å². The highest BCUT2D eigenvalue weighted by Crippen LogP contribution is 2.23. The predicted molar refractivity (Wildman–Crippen MR) is 127 cm³/mol. The number of aromatic nitrogens is 3. The maximum atomic E-state index is 13.2. The van der Waals surface area contributed by atoms with Crippen LogP contribution >= 0.6 is 0 Å². The third kappa shape index (κ3) is 5.33. The summed E-state index contributed by atoms with van der Waals surface area (Å²) >= 11 is 0. The average molecular weight is 454 g/mol. The van der Waals surface area contributed by atoms with E-state index in [0.29, 0.717) is 18.5 Å². The number of nitrogens with one attached hydrogen (secondary N) is 1. The van der Waals surface area contributed by atoms with Gasteiger partial charge in [-0.15, -0.1) is 0 Å². The summed E-state index contributed by atoms with van der Waals surface area (Å²) in [7, 11) is 0. The van der Waals surface area contributed by atoms with E-state index in [2.05, 4.69) is 15.3 Å². The van der Waals surface area contributed by atoms with Crippen LogP contribution in [0.1, 0.15) is 42.6 Å². The molecule has 0 unspecified atom stereocenters. The second-order valence-electron chi connectivity index (χ2n) is 8.89. The molecule has 1 aliphatic rings. The minimum Gasteiger partial charge on any atom is -0.353 e. The van der Waals surface area contributed by atoms with Crippen LogP contribution in [0.4, 0.5) is 4.39 Å². The molecule has 1 aromatic carbocycles. The highest BCUT2D eigenvalue weighted by molar-refractivity contribution is 5.87. The van der Waals surface area contributed by atoms with Gasteiger partial charge in [0.05, 0.1) is 11.6 Å². The fraction of sp³-hybridized carbons (Fsp3) is 0.480. The van der Waals surface area contributed by atoms with E-state index in [-0.39, 0.29) is 23.8 Å². The van der Waals surface area contributed by atoms with Gasteiger partial charge in [-0.3, -0.25) is 9.59 Å². The number of likely N-dealkylation sites (tertiary alicyclic amines) is 1. The van der Waals surface area contributed by atoms with E-state index in [1.807, 2.05) is 18.4 Å². The summed E-state index contributed by atoms with van der Waals surface area (Å²) in [5.41, 5.74) is 2.41. The third-order valence-corrected chi connectivity index (χ3v) is 6.60. The molecular weight excluding hydrogens is 421 g/mol. The van der Waals surface area contributed by atoms with Crippen LogP contribution in [0.5, 0.6) is 0 Å². The van der Waals surface area contributed by atoms with Crippen molar-refractivity contribution in [3.05, 3.63) is 63.6 Å². The number of carbonyl (C=O) groups is 1. The van der Waals surface area contributed by atoms with Crippen LogP contribution < -0.4 is 10.9 Å². The van der Waals surface area contributed by atoms with E-state index in [0.717, 1.165) is 42.0 Å². The molecule has 33 heavy (non-hydrogen) atoms. The van der Waals surface area contributed by atoms with Gasteiger partial charge in [0.25, 0.3) is 5.56 Å². The Morgan fingerprint density at radius 1 is 1.06 bits per heavy atom. The van der Waals surface area contributed by atoms with Crippen LogP contribution in [-0.2, 0) is 17.9 Å². The first-order valence-corrected chi connectivity index (χ1v) is 11.7. The lowest BCUT2D eigenvalue weighted by molar-refractivity contribution is -0.121. The fourth-order valence-electron chi connectivity index (χ4n) is 4.67. The van der Waals surface area contributed by atoms with Crippen LogP contribution in [-0.4, -0.2) is 51.3 Å². The second-order valence-corrected chi connectivity index (χ2v) is 8.89. The van der Waals surface area contributed by atoms with Crippen LogP contribution in [0.25, 0.3) is 10.8 Å². The van der Waals surface area contributed by atoms with Crippen LogP contribution in [0.2, 0.25) is 0 Å². The minimum atomic E-state index is -0.276. The Labute approximate surface area is 193 Å². The molecule has 0 bridgehead atoms. The topological polar surface area (TPSA) is 72.2 Å². The lowest BCUT2D eigenvalue weighted by Gasteiger charge is -2.19. The molecule has 0 spiro atoms. The molecule has 176 valence electrons. The molecule has 1 fully saturated rings. The van der Waals surface area contributed by atoms with Crippen molar-refractivity contribution < 1.29 is 9.18 Å². The summed E-state index contributed by atoms with van der Waals surface area (Å²) in [6.45, 7) is 7.84. The van der Waals surface area contributed by atoms with Crippen molar-refractivity contribution in [3.63, 3.8) is 0 Å². The standard InChI is InChI=1S/C25H32FN5O2/c1-18-22-15-28-31(17-23(32)27-11-14-29-12-5-3-4-6-13-29)25(33)24(22)19(2)30(18)16-20-7-9-21(26)10-8-20/h7-10,15H,3-6,11-14,16-17H2,1-2H3,(H,27,32). The lowest BCUT2D eigenvalue weighted by Crippen LogP contribution is -2.38.